The Labute approximate surface area is 207 Å². The van der Waals surface area contributed by atoms with Crippen LogP contribution in [0.3, 0.4) is 0 Å². The molecule has 4 nitrogen and oxygen atoms in total. The molecule has 0 saturated heterocycles. The van der Waals surface area contributed by atoms with Gasteiger partial charge in [-0.3, -0.25) is 4.79 Å². The highest BCUT2D eigenvalue weighted by molar-refractivity contribution is 5.76. The predicted molar refractivity (Wildman–Crippen MR) is 141 cm³/mol. The quantitative estimate of drug-likeness (QED) is 0.331. The molecule has 4 aromatic rings. The highest BCUT2D eigenvalue weighted by atomic mass is 16.1. The average Bonchev–Trinajstić information content (AvgIpc) is 3.26. The molecule has 0 saturated carbocycles. The third kappa shape index (κ3) is 5.88. The standard InChI is InChI=1S/C31H31N3O/c1-22-5-4-6-26(20-22)21-33-31(35)16-13-28-12-15-30(29-14-7-23(2)19-24(29)3)34(28)27-10-8-25(9-11-27)17-18-32/h4-12,14-15,19-20H,13,16-17,21H2,1-3H3,(H,33,35). The Bertz CT molecular complexity index is 1370. The molecule has 0 fully saturated rings. The summed E-state index contributed by atoms with van der Waals surface area (Å²) in [7, 11) is 0. The van der Waals surface area contributed by atoms with Crippen molar-refractivity contribution >= 4 is 5.91 Å². The largest absolute Gasteiger partial charge is 0.352 e. The molecule has 0 bridgehead atoms. The van der Waals surface area contributed by atoms with Gasteiger partial charge in [0.05, 0.1) is 18.2 Å². The van der Waals surface area contributed by atoms with Crippen molar-refractivity contribution < 1.29 is 4.79 Å². The number of benzene rings is 3. The van der Waals surface area contributed by atoms with Crippen LogP contribution in [0.4, 0.5) is 0 Å². The lowest BCUT2D eigenvalue weighted by atomic mass is 10.0. The number of hydrogen-bond acceptors (Lipinski definition) is 2. The van der Waals surface area contributed by atoms with Gasteiger partial charge < -0.3 is 9.88 Å². The zero-order valence-corrected chi connectivity index (χ0v) is 20.6. The first-order valence-electron chi connectivity index (χ1n) is 12.0. The number of aromatic nitrogens is 1. The molecular formula is C31H31N3O. The van der Waals surface area contributed by atoms with Gasteiger partial charge >= 0.3 is 0 Å². The summed E-state index contributed by atoms with van der Waals surface area (Å²) < 4.78 is 2.24. The van der Waals surface area contributed by atoms with Crippen molar-refractivity contribution in [2.24, 2.45) is 0 Å². The van der Waals surface area contributed by atoms with E-state index in [0.29, 0.717) is 25.8 Å². The zero-order valence-electron chi connectivity index (χ0n) is 20.6. The highest BCUT2D eigenvalue weighted by Crippen LogP contribution is 2.30. The van der Waals surface area contributed by atoms with E-state index in [9.17, 15) is 4.79 Å². The fraction of sp³-hybridized carbons (Fsp3) is 0.226. The van der Waals surface area contributed by atoms with E-state index in [4.69, 9.17) is 5.26 Å². The van der Waals surface area contributed by atoms with Crippen molar-refractivity contribution in [2.75, 3.05) is 0 Å². The molecular weight excluding hydrogens is 430 g/mol. The topological polar surface area (TPSA) is 57.8 Å². The number of nitriles is 1. The van der Waals surface area contributed by atoms with Crippen molar-refractivity contribution in [3.05, 3.63) is 112 Å². The molecule has 35 heavy (non-hydrogen) atoms. The Kier molecular flexibility index (Phi) is 7.48. The van der Waals surface area contributed by atoms with Crippen molar-refractivity contribution in [3.8, 4) is 23.0 Å². The molecule has 0 unspecified atom stereocenters. The van der Waals surface area contributed by atoms with Crippen LogP contribution >= 0.6 is 0 Å². The minimum atomic E-state index is 0.0386. The normalized spacial score (nSPS) is 10.7. The second kappa shape index (κ2) is 10.9. The van der Waals surface area contributed by atoms with Crippen molar-refractivity contribution in [1.29, 1.82) is 5.26 Å². The lowest BCUT2D eigenvalue weighted by Gasteiger charge is -2.16. The van der Waals surface area contributed by atoms with Crippen LogP contribution in [0.2, 0.25) is 0 Å². The van der Waals surface area contributed by atoms with Crippen molar-refractivity contribution in [2.45, 2.75) is 46.6 Å². The number of rotatable bonds is 8. The summed E-state index contributed by atoms with van der Waals surface area (Å²) in [5.74, 6) is 0.0386. The maximum atomic E-state index is 12.7. The Morgan fingerprint density at radius 2 is 1.66 bits per heavy atom. The Morgan fingerprint density at radius 1 is 0.886 bits per heavy atom. The van der Waals surface area contributed by atoms with Gasteiger partial charge in [0.25, 0.3) is 0 Å². The minimum absolute atomic E-state index is 0.0386. The first-order chi connectivity index (χ1) is 16.9. The van der Waals surface area contributed by atoms with E-state index in [1.54, 1.807) is 0 Å². The van der Waals surface area contributed by atoms with Gasteiger partial charge in [-0.25, -0.2) is 0 Å². The fourth-order valence-electron chi connectivity index (χ4n) is 4.50. The van der Waals surface area contributed by atoms with Gasteiger partial charge in [-0.1, -0.05) is 65.7 Å². The molecule has 0 aliphatic carbocycles. The lowest BCUT2D eigenvalue weighted by molar-refractivity contribution is -0.121. The maximum Gasteiger partial charge on any atom is 0.220 e. The third-order valence-corrected chi connectivity index (χ3v) is 6.28. The molecule has 1 N–H and O–H groups in total. The van der Waals surface area contributed by atoms with Crippen LogP contribution in [-0.2, 0) is 24.2 Å². The summed E-state index contributed by atoms with van der Waals surface area (Å²) in [6.07, 6.45) is 1.43. The summed E-state index contributed by atoms with van der Waals surface area (Å²) in [6, 6.07) is 29.3. The smallest absolute Gasteiger partial charge is 0.220 e. The molecule has 1 heterocycles. The minimum Gasteiger partial charge on any atom is -0.352 e. The first kappa shape index (κ1) is 24.0. The summed E-state index contributed by atoms with van der Waals surface area (Å²) in [4.78, 5) is 12.7. The van der Waals surface area contributed by atoms with E-state index in [2.05, 4.69) is 91.3 Å². The van der Waals surface area contributed by atoms with E-state index in [-0.39, 0.29) is 5.91 Å². The van der Waals surface area contributed by atoms with E-state index < -0.39 is 0 Å². The molecule has 0 aliphatic heterocycles. The molecule has 1 amide bonds. The number of aryl methyl sites for hydroxylation is 4. The Morgan fingerprint density at radius 3 is 2.37 bits per heavy atom. The molecule has 1 aromatic heterocycles. The van der Waals surface area contributed by atoms with Crippen molar-refractivity contribution in [3.63, 3.8) is 0 Å². The van der Waals surface area contributed by atoms with Crippen LogP contribution in [0.25, 0.3) is 16.9 Å². The van der Waals surface area contributed by atoms with Gasteiger partial charge in [-0.05, 0) is 68.1 Å². The van der Waals surface area contributed by atoms with E-state index >= 15 is 0 Å². The molecule has 0 atom stereocenters. The first-order valence-corrected chi connectivity index (χ1v) is 12.0. The second-order valence-corrected chi connectivity index (χ2v) is 9.13. The maximum absolute atomic E-state index is 12.7. The van der Waals surface area contributed by atoms with E-state index in [0.717, 1.165) is 28.2 Å². The van der Waals surface area contributed by atoms with Gasteiger partial charge in [-0.2, -0.15) is 5.26 Å². The number of nitrogens with zero attached hydrogens (tertiary/aromatic N) is 2. The van der Waals surface area contributed by atoms with Crippen LogP contribution in [0.5, 0.6) is 0 Å². The van der Waals surface area contributed by atoms with Crippen molar-refractivity contribution in [1.82, 2.24) is 9.88 Å². The number of nitrogens with one attached hydrogen (secondary N) is 1. The van der Waals surface area contributed by atoms with Gasteiger partial charge in [0, 0.05) is 29.9 Å². The van der Waals surface area contributed by atoms with E-state index in [1.165, 1.54) is 22.3 Å². The van der Waals surface area contributed by atoms with Gasteiger partial charge in [0.15, 0.2) is 0 Å². The molecule has 0 radical (unpaired) electrons. The molecule has 0 aliphatic rings. The lowest BCUT2D eigenvalue weighted by Crippen LogP contribution is -2.23. The average molecular weight is 462 g/mol. The zero-order chi connectivity index (χ0) is 24.8. The van der Waals surface area contributed by atoms with Crippen LogP contribution in [-0.4, -0.2) is 10.5 Å². The monoisotopic (exact) mass is 461 g/mol. The Balaban J connectivity index is 1.58. The third-order valence-electron chi connectivity index (χ3n) is 6.28. The number of hydrogen-bond donors (Lipinski definition) is 1. The van der Waals surface area contributed by atoms with Crippen LogP contribution in [0, 0.1) is 32.1 Å². The number of amides is 1. The van der Waals surface area contributed by atoms with Gasteiger partial charge in [-0.15, -0.1) is 0 Å². The van der Waals surface area contributed by atoms with E-state index in [1.807, 2.05) is 24.3 Å². The summed E-state index contributed by atoms with van der Waals surface area (Å²) >= 11 is 0. The summed E-state index contributed by atoms with van der Waals surface area (Å²) in [5.41, 5.74) is 10.1. The van der Waals surface area contributed by atoms with Crippen LogP contribution in [0.15, 0.2) is 78.9 Å². The fourth-order valence-corrected chi connectivity index (χ4v) is 4.50. The van der Waals surface area contributed by atoms with Gasteiger partial charge in [0.2, 0.25) is 5.91 Å². The SMILES string of the molecule is Cc1cccc(CNC(=O)CCc2ccc(-c3ccc(C)cc3C)n2-c2ccc(CC#N)cc2)c1. The second-order valence-electron chi connectivity index (χ2n) is 9.13. The predicted octanol–water partition coefficient (Wildman–Crippen LogP) is 6.38. The number of carbonyl (C=O) groups is 1. The molecule has 176 valence electrons. The molecule has 0 spiro atoms. The van der Waals surface area contributed by atoms with Crippen LogP contribution in [0.1, 0.15) is 39.9 Å². The molecule has 4 rings (SSSR count). The van der Waals surface area contributed by atoms with Crippen LogP contribution < -0.4 is 5.32 Å². The summed E-state index contributed by atoms with van der Waals surface area (Å²) in [5, 5.41) is 12.1. The highest BCUT2D eigenvalue weighted by Gasteiger charge is 2.15. The molecule has 3 aromatic carbocycles. The van der Waals surface area contributed by atoms with Gasteiger partial charge in [0.1, 0.15) is 0 Å². The Hall–Kier alpha value is -4.10. The molecule has 4 heteroatoms. The number of carbonyl (C=O) groups excluding carboxylic acids is 1. The summed E-state index contributed by atoms with van der Waals surface area (Å²) in [6.45, 7) is 6.83.